The van der Waals surface area contributed by atoms with Gasteiger partial charge in [-0.2, -0.15) is 0 Å². The third-order valence-electron chi connectivity index (χ3n) is 2.85. The van der Waals surface area contributed by atoms with Crippen molar-refractivity contribution in [2.24, 2.45) is 11.3 Å². The van der Waals surface area contributed by atoms with Crippen LogP contribution < -0.4 is 0 Å². The monoisotopic (exact) mass is 168 g/mol. The van der Waals surface area contributed by atoms with Crippen LogP contribution in [0, 0.1) is 11.3 Å². The molecule has 0 aliphatic heterocycles. The Morgan fingerprint density at radius 3 is 2.42 bits per heavy atom. The second kappa shape index (κ2) is 3.59. The Hall–Kier alpha value is -0.330. The summed E-state index contributed by atoms with van der Waals surface area (Å²) < 4.78 is 0. The van der Waals surface area contributed by atoms with Gasteiger partial charge in [-0.25, -0.2) is 0 Å². The molecule has 1 aliphatic rings. The van der Waals surface area contributed by atoms with Gasteiger partial charge in [0.15, 0.2) is 0 Å². The van der Waals surface area contributed by atoms with E-state index in [4.69, 9.17) is 0 Å². The molecular formula is C11H20O. The summed E-state index contributed by atoms with van der Waals surface area (Å²) in [7, 11) is 0. The number of carbonyl (C=O) groups is 1. The summed E-state index contributed by atoms with van der Waals surface area (Å²) in [6.45, 7) is 6.54. The van der Waals surface area contributed by atoms with Gasteiger partial charge in [-0.15, -0.1) is 0 Å². The molecule has 1 rings (SSSR count). The van der Waals surface area contributed by atoms with Crippen molar-refractivity contribution >= 4 is 5.78 Å². The average molecular weight is 168 g/mol. The molecule has 70 valence electrons. The first-order chi connectivity index (χ1) is 5.52. The minimum Gasteiger partial charge on any atom is -0.299 e. The highest BCUT2D eigenvalue weighted by molar-refractivity contribution is 5.81. The van der Waals surface area contributed by atoms with Gasteiger partial charge in [0.05, 0.1) is 0 Å². The molecule has 0 radical (unpaired) electrons. The molecule has 0 spiro atoms. The first-order valence-electron chi connectivity index (χ1n) is 5.04. The third kappa shape index (κ3) is 2.33. The average Bonchev–Trinajstić information content (AvgIpc) is 2.11. The Kier molecular flexibility index (Phi) is 2.92. The lowest BCUT2D eigenvalue weighted by Crippen LogP contribution is -2.27. The summed E-state index contributed by atoms with van der Waals surface area (Å²) in [5, 5.41) is 0. The first-order valence-corrected chi connectivity index (χ1v) is 5.04. The molecule has 0 saturated heterocycles. The molecule has 0 aromatic heterocycles. The third-order valence-corrected chi connectivity index (χ3v) is 2.85. The molecule has 1 heteroatoms. The lowest BCUT2D eigenvalue weighted by molar-refractivity contribution is -0.125. The van der Waals surface area contributed by atoms with E-state index in [0.29, 0.717) is 11.7 Å². The molecule has 1 saturated carbocycles. The van der Waals surface area contributed by atoms with Gasteiger partial charge in [0, 0.05) is 12.3 Å². The smallest absolute Gasteiger partial charge is 0.136 e. The van der Waals surface area contributed by atoms with Gasteiger partial charge in [0.25, 0.3) is 0 Å². The van der Waals surface area contributed by atoms with Crippen LogP contribution in [-0.4, -0.2) is 5.78 Å². The number of hydrogen-bond acceptors (Lipinski definition) is 1. The summed E-state index contributed by atoms with van der Waals surface area (Å²) in [4.78, 5) is 11.7. The summed E-state index contributed by atoms with van der Waals surface area (Å²) in [6.07, 6.45) is 5.54. The van der Waals surface area contributed by atoms with E-state index in [2.05, 4.69) is 20.8 Å². The summed E-state index contributed by atoms with van der Waals surface area (Å²) >= 11 is 0. The fraction of sp³-hybridized carbons (Fsp3) is 0.909. The number of rotatable bonds is 0. The topological polar surface area (TPSA) is 17.1 Å². The fourth-order valence-corrected chi connectivity index (χ4v) is 2.08. The quantitative estimate of drug-likeness (QED) is 0.508. The van der Waals surface area contributed by atoms with Crippen molar-refractivity contribution in [3.05, 3.63) is 0 Å². The van der Waals surface area contributed by atoms with E-state index in [1.165, 1.54) is 12.8 Å². The molecule has 1 aliphatic carbocycles. The van der Waals surface area contributed by atoms with Gasteiger partial charge in [-0.1, -0.05) is 33.6 Å². The molecule has 1 nitrogen and oxygen atoms in total. The molecule has 0 amide bonds. The van der Waals surface area contributed by atoms with Gasteiger partial charge in [0.2, 0.25) is 0 Å². The summed E-state index contributed by atoms with van der Waals surface area (Å²) in [5.74, 6) is 0.819. The lowest BCUT2D eigenvalue weighted by Gasteiger charge is -2.28. The highest BCUT2D eigenvalue weighted by atomic mass is 16.1. The Morgan fingerprint density at radius 2 is 1.83 bits per heavy atom. The molecular weight excluding hydrogens is 148 g/mol. The van der Waals surface area contributed by atoms with Crippen LogP contribution in [0.4, 0.5) is 0 Å². The zero-order chi connectivity index (χ0) is 9.19. The second-order valence-electron chi connectivity index (χ2n) is 4.98. The van der Waals surface area contributed by atoms with E-state index < -0.39 is 0 Å². The Morgan fingerprint density at radius 1 is 1.17 bits per heavy atom. The number of carbonyl (C=O) groups excluding carboxylic acids is 1. The largest absolute Gasteiger partial charge is 0.299 e. The minimum absolute atomic E-state index is 0.182. The van der Waals surface area contributed by atoms with Crippen LogP contribution in [0.5, 0.6) is 0 Å². The van der Waals surface area contributed by atoms with Crippen LogP contribution in [0.3, 0.4) is 0 Å². The first kappa shape index (κ1) is 9.76. The van der Waals surface area contributed by atoms with Crippen molar-refractivity contribution in [3.63, 3.8) is 0 Å². The highest BCUT2D eigenvalue weighted by Gasteiger charge is 2.31. The van der Waals surface area contributed by atoms with Gasteiger partial charge >= 0.3 is 0 Å². The van der Waals surface area contributed by atoms with Crippen LogP contribution >= 0.6 is 0 Å². The Labute approximate surface area is 75.5 Å². The minimum atomic E-state index is 0.182. The van der Waals surface area contributed by atoms with Crippen molar-refractivity contribution < 1.29 is 4.79 Å². The lowest BCUT2D eigenvalue weighted by atomic mass is 9.76. The van der Waals surface area contributed by atoms with E-state index in [1.54, 1.807) is 0 Å². The summed E-state index contributed by atoms with van der Waals surface area (Å²) in [6, 6.07) is 0. The normalized spacial score (nSPS) is 26.9. The van der Waals surface area contributed by atoms with Crippen molar-refractivity contribution in [2.45, 2.75) is 52.9 Å². The van der Waals surface area contributed by atoms with Gasteiger partial charge in [0.1, 0.15) is 5.78 Å². The second-order valence-corrected chi connectivity index (χ2v) is 4.98. The van der Waals surface area contributed by atoms with Crippen molar-refractivity contribution in [1.82, 2.24) is 0 Å². The molecule has 1 atom stereocenters. The molecule has 12 heavy (non-hydrogen) atoms. The van der Waals surface area contributed by atoms with Gasteiger partial charge in [-0.3, -0.25) is 4.79 Å². The van der Waals surface area contributed by atoms with Crippen LogP contribution in [0.15, 0.2) is 0 Å². The SMILES string of the molecule is CC(C)(C)C1CCCCCC1=O. The fourth-order valence-electron chi connectivity index (χ4n) is 2.08. The summed E-state index contributed by atoms with van der Waals surface area (Å²) in [5.41, 5.74) is 0.182. The molecule has 1 unspecified atom stereocenters. The number of Topliss-reactive ketones (excluding diaryl/α,β-unsaturated/α-hetero) is 1. The zero-order valence-corrected chi connectivity index (χ0v) is 8.52. The predicted molar refractivity (Wildman–Crippen MR) is 51.0 cm³/mol. The van der Waals surface area contributed by atoms with Gasteiger partial charge in [-0.05, 0) is 18.3 Å². The predicted octanol–water partition coefficient (Wildman–Crippen LogP) is 3.18. The number of ketones is 1. The Bertz CT molecular complexity index is 164. The van der Waals surface area contributed by atoms with Crippen LogP contribution in [0.1, 0.15) is 52.9 Å². The molecule has 0 bridgehead atoms. The van der Waals surface area contributed by atoms with E-state index in [9.17, 15) is 4.79 Å². The van der Waals surface area contributed by atoms with Crippen molar-refractivity contribution in [2.75, 3.05) is 0 Å². The molecule has 0 N–H and O–H groups in total. The Balaban J connectivity index is 2.66. The van der Waals surface area contributed by atoms with Crippen LogP contribution in [0.2, 0.25) is 0 Å². The van der Waals surface area contributed by atoms with E-state index >= 15 is 0 Å². The van der Waals surface area contributed by atoms with Crippen molar-refractivity contribution in [3.8, 4) is 0 Å². The highest BCUT2D eigenvalue weighted by Crippen LogP contribution is 2.34. The molecule has 0 heterocycles. The van der Waals surface area contributed by atoms with Gasteiger partial charge < -0.3 is 0 Å². The van der Waals surface area contributed by atoms with Crippen molar-refractivity contribution in [1.29, 1.82) is 0 Å². The van der Waals surface area contributed by atoms with Crippen LogP contribution in [-0.2, 0) is 4.79 Å². The van der Waals surface area contributed by atoms with E-state index in [1.807, 2.05) is 0 Å². The van der Waals surface area contributed by atoms with E-state index in [-0.39, 0.29) is 5.41 Å². The maximum atomic E-state index is 11.7. The zero-order valence-electron chi connectivity index (χ0n) is 8.52. The number of hydrogen-bond donors (Lipinski definition) is 0. The molecule has 0 aromatic carbocycles. The standard InChI is InChI=1S/C11H20O/c1-11(2,3)9-7-5-4-6-8-10(9)12/h9H,4-8H2,1-3H3. The molecule has 1 fully saturated rings. The van der Waals surface area contributed by atoms with Crippen LogP contribution in [0.25, 0.3) is 0 Å². The maximum absolute atomic E-state index is 11.7. The molecule has 0 aromatic rings. The van der Waals surface area contributed by atoms with E-state index in [0.717, 1.165) is 19.3 Å². The maximum Gasteiger partial charge on any atom is 0.136 e.